The second-order valence-corrected chi connectivity index (χ2v) is 23.3. The highest BCUT2D eigenvalue weighted by atomic mass is 28.4. The predicted molar refractivity (Wildman–Crippen MR) is 228 cm³/mol. The number of piperidine rings is 1. The number of hydrogen-bond acceptors (Lipinski definition) is 6. The number of nitrogens with zero attached hydrogens (tertiary/aromatic N) is 2. The van der Waals surface area contributed by atoms with Crippen LogP contribution in [0.5, 0.6) is 0 Å². The number of aromatic nitrogens is 2. The van der Waals surface area contributed by atoms with Crippen molar-refractivity contribution in [3.8, 4) is 0 Å². The monoisotopic (exact) mass is 787 g/mol. The Morgan fingerprint density at radius 2 is 1.64 bits per heavy atom. The van der Waals surface area contributed by atoms with Gasteiger partial charge in [-0.25, -0.2) is 4.98 Å². The van der Waals surface area contributed by atoms with Gasteiger partial charge >= 0.3 is 0 Å². The molecule has 2 heterocycles. The average molecular weight is 787 g/mol. The number of carbonyl (C=O) groups excluding carboxylic acids is 3. The van der Waals surface area contributed by atoms with E-state index in [1.807, 2.05) is 77.1 Å². The molecule has 10 nitrogen and oxygen atoms in total. The minimum absolute atomic E-state index is 0.0873. The number of imidazole rings is 1. The van der Waals surface area contributed by atoms with Gasteiger partial charge in [-0.1, -0.05) is 95.8 Å². The Kier molecular flexibility index (Phi) is 15.0. The first-order valence-electron chi connectivity index (χ1n) is 21.3. The highest BCUT2D eigenvalue weighted by Gasteiger charge is 2.43. The van der Waals surface area contributed by atoms with Gasteiger partial charge in [0.2, 0.25) is 17.7 Å². The van der Waals surface area contributed by atoms with Gasteiger partial charge in [-0.3, -0.25) is 19.3 Å². The minimum atomic E-state index is -2.20. The summed E-state index contributed by atoms with van der Waals surface area (Å²) in [5, 5.41) is 9.58. The van der Waals surface area contributed by atoms with Crippen LogP contribution >= 0.6 is 0 Å². The van der Waals surface area contributed by atoms with Crippen molar-refractivity contribution >= 4 is 37.1 Å². The molecule has 1 aliphatic heterocycles. The lowest BCUT2D eigenvalue weighted by molar-refractivity contribution is -0.134. The van der Waals surface area contributed by atoms with Gasteiger partial charge < -0.3 is 25.4 Å². The number of para-hydroxylation sites is 2. The van der Waals surface area contributed by atoms with Crippen molar-refractivity contribution in [1.29, 1.82) is 0 Å². The zero-order valence-corrected chi connectivity index (χ0v) is 36.6. The Morgan fingerprint density at radius 3 is 2.30 bits per heavy atom. The minimum Gasteiger partial charge on any atom is -0.413 e. The van der Waals surface area contributed by atoms with Crippen LogP contribution in [0, 0.1) is 23.7 Å². The van der Waals surface area contributed by atoms with Crippen LogP contribution in [0.1, 0.15) is 105 Å². The van der Waals surface area contributed by atoms with E-state index in [1.165, 1.54) is 25.7 Å². The van der Waals surface area contributed by atoms with Crippen LogP contribution in [0.25, 0.3) is 11.0 Å². The van der Waals surface area contributed by atoms with Gasteiger partial charge in [0.1, 0.15) is 11.9 Å². The van der Waals surface area contributed by atoms with Crippen LogP contribution in [0.4, 0.5) is 0 Å². The number of aromatic amines is 1. The summed E-state index contributed by atoms with van der Waals surface area (Å²) in [7, 11) is -2.20. The molecule has 3 aromatic rings. The largest absolute Gasteiger partial charge is 0.413 e. The van der Waals surface area contributed by atoms with Crippen LogP contribution in [0.3, 0.4) is 0 Å². The van der Waals surface area contributed by atoms with Crippen molar-refractivity contribution in [3.05, 3.63) is 66.0 Å². The van der Waals surface area contributed by atoms with E-state index in [0.717, 1.165) is 36.0 Å². The van der Waals surface area contributed by atoms with Crippen LogP contribution in [0.2, 0.25) is 18.6 Å². The number of nitrogens with one attached hydrogen (secondary N) is 4. The fourth-order valence-corrected chi connectivity index (χ4v) is 9.76. The van der Waals surface area contributed by atoms with Gasteiger partial charge in [-0.15, -0.1) is 0 Å². The molecule has 4 N–H and O–H groups in total. The third kappa shape index (κ3) is 12.0. The van der Waals surface area contributed by atoms with Crippen molar-refractivity contribution < 1.29 is 18.8 Å². The maximum absolute atomic E-state index is 14.7. The Balaban J connectivity index is 1.40. The molecule has 2 aliphatic rings. The molecule has 5 rings (SSSR count). The molecule has 1 saturated heterocycles. The molecule has 11 heteroatoms. The fourth-order valence-electron chi connectivity index (χ4n) is 8.46. The molecule has 2 aromatic carbocycles. The highest BCUT2D eigenvalue weighted by molar-refractivity contribution is 6.72. The smallest absolute Gasteiger partial charge is 0.243 e. The van der Waals surface area contributed by atoms with E-state index in [2.05, 4.69) is 69.9 Å². The van der Waals surface area contributed by atoms with Crippen LogP contribution < -0.4 is 16.0 Å². The Morgan fingerprint density at radius 1 is 0.964 bits per heavy atom. The quantitative estimate of drug-likeness (QED) is 0.104. The van der Waals surface area contributed by atoms with E-state index in [1.54, 1.807) is 0 Å². The lowest BCUT2D eigenvalue weighted by Crippen LogP contribution is -2.59. The summed E-state index contributed by atoms with van der Waals surface area (Å²) >= 11 is 0. The molecule has 56 heavy (non-hydrogen) atoms. The average Bonchev–Trinajstić information content (AvgIpc) is 3.57. The number of rotatable bonds is 17. The van der Waals surface area contributed by atoms with Gasteiger partial charge in [0.15, 0.2) is 8.32 Å². The number of amides is 3. The van der Waals surface area contributed by atoms with Crippen LogP contribution in [-0.2, 0) is 31.8 Å². The number of hydrogen-bond donors (Lipinski definition) is 4. The summed E-state index contributed by atoms with van der Waals surface area (Å²) in [6.07, 6.45) is 7.17. The number of fused-ring (bicyclic) bond motifs is 2. The molecule has 1 aromatic heterocycles. The Labute approximate surface area is 337 Å². The van der Waals surface area contributed by atoms with Gasteiger partial charge in [0.05, 0.1) is 29.7 Å². The van der Waals surface area contributed by atoms with E-state index in [4.69, 9.17) is 4.43 Å². The van der Waals surface area contributed by atoms with Crippen molar-refractivity contribution in [2.24, 2.45) is 23.7 Å². The normalized spacial score (nSPS) is 21.5. The van der Waals surface area contributed by atoms with Crippen molar-refractivity contribution in [1.82, 2.24) is 30.8 Å². The molecule has 0 spiro atoms. The first kappa shape index (κ1) is 43.6. The third-order valence-electron chi connectivity index (χ3n) is 12.5. The topological polar surface area (TPSA) is 128 Å². The predicted octanol–water partition coefficient (Wildman–Crippen LogP) is 7.75. The molecule has 3 amide bonds. The van der Waals surface area contributed by atoms with Gasteiger partial charge in [0, 0.05) is 24.5 Å². The molecule has 2 fully saturated rings. The number of likely N-dealkylation sites (tertiary alicyclic amines) is 1. The zero-order chi connectivity index (χ0) is 40.6. The molecule has 0 radical (unpaired) electrons. The van der Waals surface area contributed by atoms with E-state index < -0.39 is 20.3 Å². The van der Waals surface area contributed by atoms with Crippen LogP contribution in [0.15, 0.2) is 54.6 Å². The lowest BCUT2D eigenvalue weighted by Gasteiger charge is -2.47. The second-order valence-electron chi connectivity index (χ2n) is 18.7. The van der Waals surface area contributed by atoms with Crippen molar-refractivity contribution in [2.75, 3.05) is 13.1 Å². The van der Waals surface area contributed by atoms with Gasteiger partial charge in [0.25, 0.3) is 0 Å². The zero-order valence-electron chi connectivity index (χ0n) is 35.6. The third-order valence-corrected chi connectivity index (χ3v) is 16.2. The fraction of sp³-hybridized carbons (Fsp3) is 0.644. The van der Waals surface area contributed by atoms with Gasteiger partial charge in [-0.2, -0.15) is 0 Å². The van der Waals surface area contributed by atoms with E-state index >= 15 is 0 Å². The molecule has 1 aliphatic carbocycles. The molecule has 0 unspecified atom stereocenters. The summed E-state index contributed by atoms with van der Waals surface area (Å²) in [6, 6.07) is 17.0. The maximum Gasteiger partial charge on any atom is 0.243 e. The summed E-state index contributed by atoms with van der Waals surface area (Å²) in [6.45, 7) is 20.9. The number of H-pyrrole nitrogens is 1. The molecular weight excluding hydrogens is 717 g/mol. The molecular formula is C45H70N6O4Si. The Hall–Kier alpha value is -3.54. The lowest BCUT2D eigenvalue weighted by atomic mass is 9.72. The summed E-state index contributed by atoms with van der Waals surface area (Å²) < 4.78 is 7.21. The highest BCUT2D eigenvalue weighted by Crippen LogP contribution is 2.39. The first-order valence-corrected chi connectivity index (χ1v) is 24.3. The second kappa shape index (κ2) is 19.3. The van der Waals surface area contributed by atoms with E-state index in [-0.39, 0.29) is 47.9 Å². The summed E-state index contributed by atoms with van der Waals surface area (Å²) in [5.74, 6) is 0.955. The number of benzene rings is 2. The van der Waals surface area contributed by atoms with E-state index in [0.29, 0.717) is 42.6 Å². The van der Waals surface area contributed by atoms with Gasteiger partial charge in [-0.05, 0) is 101 Å². The molecule has 7 atom stereocenters. The number of carbonyl (C=O) groups is 3. The van der Waals surface area contributed by atoms with E-state index in [9.17, 15) is 14.4 Å². The van der Waals surface area contributed by atoms with Crippen LogP contribution in [-0.4, -0.2) is 77.7 Å². The first-order chi connectivity index (χ1) is 26.5. The van der Waals surface area contributed by atoms with Crippen molar-refractivity contribution in [3.63, 3.8) is 0 Å². The standard InChI is InChI=1S/C45H70N6O4Si/c1-10-31(4)41(44(54)46-27-40-47-37-22-16-17-23-38(37)48-40)49-42(52)35(24-32-18-12-11-13-19-32)25-36(55-56(8,9)30(2)3)29-51-28-34-21-15-14-20-33(34)26-39(51)43(53)50-45(5,6)7/h11-13,16-19,22-23,30-31,33-36,39,41H,10,14-15,20-21,24-29H2,1-9H3,(H,46,54)(H,47,48)(H,49,52)(H,50,53)/t31-,33-,34+,35-,36+,39-,41-/m0/s1. The Bertz CT molecular complexity index is 1710. The summed E-state index contributed by atoms with van der Waals surface area (Å²) in [5.41, 5.74) is 2.85. The SMILES string of the molecule is CC[C@H](C)[C@H](NC(=O)[C@@H](Cc1ccccc1)C[C@H](CN1C[C@H]2CCCC[C@H]2C[C@H]1C(=O)NC(C)(C)C)O[Si](C)(C)C(C)C)C(=O)NCc1nc2ccccc2[nH]1. The molecule has 1 saturated carbocycles. The molecule has 308 valence electrons. The maximum atomic E-state index is 14.7. The van der Waals surface area contributed by atoms with Crippen molar-refractivity contribution in [2.45, 2.75) is 149 Å². The molecule has 0 bridgehead atoms. The summed E-state index contributed by atoms with van der Waals surface area (Å²) in [4.78, 5) is 52.9.